The average molecular weight is 419 g/mol. The minimum Gasteiger partial charge on any atom is -0.253 e. The van der Waals surface area contributed by atoms with Gasteiger partial charge in [-0.25, -0.2) is 9.38 Å². The highest BCUT2D eigenvalue weighted by molar-refractivity contribution is 6.34. The molecule has 0 aliphatic carbocycles. The minimum atomic E-state index is -4.81. The molecule has 0 bridgehead atoms. The predicted octanol–water partition coefficient (Wildman–Crippen LogP) is 6.19. The standard InChI is InChI=1S/C18H12Cl2F4N2O/c1-2-10-4-3-5-14(16(10)21)25-15-9-17(27-26-15,18(22,23)24)11-6-12(19)8-13(20)7-11/h2-8H,1,9H2,(H,25,26). The zero-order chi connectivity index (χ0) is 19.8. The molecule has 1 atom stereocenters. The highest BCUT2D eigenvalue weighted by Gasteiger charge is 2.62. The van der Waals surface area contributed by atoms with Crippen molar-refractivity contribution in [1.29, 1.82) is 0 Å². The fourth-order valence-corrected chi connectivity index (χ4v) is 3.24. The molecule has 3 nitrogen and oxygen atoms in total. The van der Waals surface area contributed by atoms with Crippen LogP contribution in [-0.4, -0.2) is 12.0 Å². The lowest BCUT2D eigenvalue weighted by atomic mass is 9.90. The molecule has 1 heterocycles. The number of rotatable bonds is 3. The number of hydrogen-bond acceptors (Lipinski definition) is 2. The van der Waals surface area contributed by atoms with Crippen LogP contribution >= 0.6 is 23.2 Å². The van der Waals surface area contributed by atoms with Gasteiger partial charge in [-0.2, -0.15) is 13.2 Å². The van der Waals surface area contributed by atoms with E-state index in [9.17, 15) is 17.6 Å². The zero-order valence-corrected chi connectivity index (χ0v) is 15.1. The molecule has 142 valence electrons. The molecule has 2 aromatic carbocycles. The molecule has 1 aliphatic rings. The van der Waals surface area contributed by atoms with Crippen molar-refractivity contribution >= 4 is 40.8 Å². The lowest BCUT2D eigenvalue weighted by molar-refractivity contribution is -0.282. The Morgan fingerprint density at radius 2 is 1.85 bits per heavy atom. The number of halogens is 6. The Labute approximate surface area is 162 Å². The molecular weight excluding hydrogens is 407 g/mol. The number of alkyl halides is 3. The Morgan fingerprint density at radius 3 is 2.44 bits per heavy atom. The number of benzene rings is 2. The molecule has 27 heavy (non-hydrogen) atoms. The van der Waals surface area contributed by atoms with Gasteiger partial charge in [-0.15, -0.1) is 0 Å². The summed E-state index contributed by atoms with van der Waals surface area (Å²) in [5.41, 5.74) is -0.846. The number of hydrogen-bond donors (Lipinski definition) is 1. The fraction of sp³-hybridized carbons (Fsp3) is 0.167. The van der Waals surface area contributed by atoms with Crippen molar-refractivity contribution in [3.05, 3.63) is 70.0 Å². The van der Waals surface area contributed by atoms with E-state index in [1.807, 2.05) is 0 Å². The summed E-state index contributed by atoms with van der Waals surface area (Å²) in [7, 11) is 0. The van der Waals surface area contributed by atoms with Crippen LogP contribution in [0.3, 0.4) is 0 Å². The van der Waals surface area contributed by atoms with Crippen LogP contribution in [0.2, 0.25) is 10.0 Å². The Kier molecular flexibility index (Phi) is 5.20. The van der Waals surface area contributed by atoms with E-state index in [1.165, 1.54) is 30.3 Å². The summed E-state index contributed by atoms with van der Waals surface area (Å²) in [6.45, 7) is 3.47. The maximum absolute atomic E-state index is 14.3. The van der Waals surface area contributed by atoms with Gasteiger partial charge in [-0.3, -0.25) is 10.3 Å². The van der Waals surface area contributed by atoms with Crippen molar-refractivity contribution < 1.29 is 22.4 Å². The summed E-state index contributed by atoms with van der Waals surface area (Å²) < 4.78 is 55.9. The van der Waals surface area contributed by atoms with Crippen LogP contribution in [0.5, 0.6) is 0 Å². The topological polar surface area (TPSA) is 33.6 Å². The van der Waals surface area contributed by atoms with Crippen molar-refractivity contribution in [2.45, 2.75) is 18.2 Å². The number of nitrogens with one attached hydrogen (secondary N) is 1. The second-order valence-corrected chi connectivity index (χ2v) is 6.68. The lowest BCUT2D eigenvalue weighted by Crippen LogP contribution is -2.42. The molecule has 1 saturated heterocycles. The average Bonchev–Trinajstić information content (AvgIpc) is 3.01. The Morgan fingerprint density at radius 1 is 1.19 bits per heavy atom. The van der Waals surface area contributed by atoms with E-state index in [0.717, 1.165) is 12.1 Å². The van der Waals surface area contributed by atoms with Crippen LogP contribution in [0.15, 0.2) is 48.0 Å². The lowest BCUT2D eigenvalue weighted by Gasteiger charge is -2.29. The van der Waals surface area contributed by atoms with Gasteiger partial charge in [0.05, 0.1) is 6.42 Å². The quantitative estimate of drug-likeness (QED) is 0.603. The smallest absolute Gasteiger partial charge is 0.253 e. The molecule has 1 aliphatic heterocycles. The molecule has 0 amide bonds. The van der Waals surface area contributed by atoms with Crippen LogP contribution in [0.4, 0.5) is 23.2 Å². The molecule has 3 rings (SSSR count). The van der Waals surface area contributed by atoms with Crippen molar-refractivity contribution in [2.75, 3.05) is 0 Å². The van der Waals surface area contributed by atoms with E-state index in [2.05, 4.69) is 17.1 Å². The van der Waals surface area contributed by atoms with Gasteiger partial charge < -0.3 is 0 Å². The molecule has 1 fully saturated rings. The maximum Gasteiger partial charge on any atom is 0.424 e. The maximum atomic E-state index is 14.3. The van der Waals surface area contributed by atoms with Crippen molar-refractivity contribution in [3.8, 4) is 0 Å². The molecule has 1 unspecified atom stereocenters. The highest BCUT2D eigenvalue weighted by Crippen LogP contribution is 2.48. The summed E-state index contributed by atoms with van der Waals surface area (Å²) >= 11 is 11.7. The highest BCUT2D eigenvalue weighted by atomic mass is 35.5. The monoisotopic (exact) mass is 418 g/mol. The van der Waals surface area contributed by atoms with Crippen LogP contribution < -0.4 is 5.48 Å². The molecular formula is C18H12Cl2F4N2O. The van der Waals surface area contributed by atoms with Gasteiger partial charge in [0.2, 0.25) is 5.60 Å². The first-order valence-electron chi connectivity index (χ1n) is 7.62. The number of nitrogens with zero attached hydrogens (tertiary/aromatic N) is 1. The Hall–Kier alpha value is -2.09. The summed E-state index contributed by atoms with van der Waals surface area (Å²) in [5, 5.41) is 0.0553. The summed E-state index contributed by atoms with van der Waals surface area (Å²) in [5.74, 6) is -0.888. The van der Waals surface area contributed by atoms with E-state index in [4.69, 9.17) is 28.0 Å². The van der Waals surface area contributed by atoms with E-state index in [-0.39, 0.29) is 32.7 Å². The molecule has 0 saturated carbocycles. The van der Waals surface area contributed by atoms with Gasteiger partial charge in [0.25, 0.3) is 0 Å². The van der Waals surface area contributed by atoms with Gasteiger partial charge in [0, 0.05) is 15.6 Å². The predicted molar refractivity (Wildman–Crippen MR) is 96.6 cm³/mol. The largest absolute Gasteiger partial charge is 0.424 e. The van der Waals surface area contributed by atoms with E-state index in [0.29, 0.717) is 0 Å². The molecule has 0 radical (unpaired) electrons. The number of hydroxylamine groups is 1. The van der Waals surface area contributed by atoms with Crippen LogP contribution in [0.1, 0.15) is 17.5 Å². The van der Waals surface area contributed by atoms with Crippen LogP contribution in [-0.2, 0) is 10.4 Å². The molecule has 2 aromatic rings. The van der Waals surface area contributed by atoms with Gasteiger partial charge in [-0.05, 0) is 29.8 Å². The summed E-state index contributed by atoms with van der Waals surface area (Å²) in [6.07, 6.45) is -4.23. The normalized spacial score (nSPS) is 21.3. The molecule has 0 aromatic heterocycles. The van der Waals surface area contributed by atoms with Gasteiger partial charge in [0.1, 0.15) is 11.5 Å². The van der Waals surface area contributed by atoms with Crippen molar-refractivity contribution in [3.63, 3.8) is 0 Å². The Bertz CT molecular complexity index is 910. The van der Waals surface area contributed by atoms with Gasteiger partial charge in [0.15, 0.2) is 5.82 Å². The Balaban J connectivity index is 2.04. The number of aliphatic imine (C=N–C) groups is 1. The van der Waals surface area contributed by atoms with Crippen LogP contribution in [0, 0.1) is 5.82 Å². The molecule has 9 heteroatoms. The third-order valence-electron chi connectivity index (χ3n) is 4.03. The second-order valence-electron chi connectivity index (χ2n) is 5.81. The second kappa shape index (κ2) is 7.14. The van der Waals surface area contributed by atoms with Crippen LogP contribution in [0.25, 0.3) is 6.08 Å². The van der Waals surface area contributed by atoms with Gasteiger partial charge in [-0.1, -0.05) is 48.0 Å². The molecule has 1 N–H and O–H groups in total. The first-order chi connectivity index (χ1) is 12.7. The van der Waals surface area contributed by atoms with E-state index in [1.54, 1.807) is 0 Å². The van der Waals surface area contributed by atoms with Crippen molar-refractivity contribution in [1.82, 2.24) is 5.48 Å². The molecule has 0 spiro atoms. The van der Waals surface area contributed by atoms with E-state index >= 15 is 0 Å². The van der Waals surface area contributed by atoms with Gasteiger partial charge >= 0.3 is 6.18 Å². The summed E-state index contributed by atoms with van der Waals surface area (Å²) in [6, 6.07) is 7.86. The number of amidine groups is 1. The fourth-order valence-electron chi connectivity index (χ4n) is 2.71. The third-order valence-corrected chi connectivity index (χ3v) is 4.47. The first-order valence-corrected chi connectivity index (χ1v) is 8.38. The summed E-state index contributed by atoms with van der Waals surface area (Å²) in [4.78, 5) is 8.85. The minimum absolute atomic E-state index is 0.0276. The SMILES string of the molecule is C=Cc1cccc(N=C2CC(c3cc(Cl)cc(Cl)c3)(C(F)(F)F)ON2)c1F. The van der Waals surface area contributed by atoms with E-state index < -0.39 is 24.0 Å². The van der Waals surface area contributed by atoms with Crippen molar-refractivity contribution in [2.24, 2.45) is 4.99 Å². The third kappa shape index (κ3) is 3.67. The zero-order valence-electron chi connectivity index (χ0n) is 13.6. The first kappa shape index (κ1) is 19.7.